The maximum atomic E-state index is 13.0. The van der Waals surface area contributed by atoms with E-state index in [1.807, 2.05) is 19.9 Å². The van der Waals surface area contributed by atoms with E-state index in [0.29, 0.717) is 34.7 Å². The molecule has 1 N–H and O–H groups in total. The minimum Gasteiger partial charge on any atom is -0.467 e. The lowest BCUT2D eigenvalue weighted by Crippen LogP contribution is -2.23. The molecule has 0 aliphatic heterocycles. The van der Waals surface area contributed by atoms with E-state index in [-0.39, 0.29) is 11.7 Å². The van der Waals surface area contributed by atoms with Gasteiger partial charge in [-0.05, 0) is 43.7 Å². The van der Waals surface area contributed by atoms with E-state index in [0.717, 1.165) is 17.5 Å². The summed E-state index contributed by atoms with van der Waals surface area (Å²) in [6.45, 7) is 3.73. The molecular formula is C22H21N5O4S. The monoisotopic (exact) mass is 451 g/mol. The van der Waals surface area contributed by atoms with Crippen molar-refractivity contribution in [3.8, 4) is 6.07 Å². The van der Waals surface area contributed by atoms with Crippen molar-refractivity contribution < 1.29 is 17.6 Å². The molecule has 0 unspecified atom stereocenters. The number of nitriles is 1. The van der Waals surface area contributed by atoms with Crippen LogP contribution >= 0.6 is 0 Å². The summed E-state index contributed by atoms with van der Waals surface area (Å²) in [5, 5.41) is 12.3. The summed E-state index contributed by atoms with van der Waals surface area (Å²) >= 11 is 0. The second kappa shape index (κ2) is 8.01. The van der Waals surface area contributed by atoms with Crippen LogP contribution in [0.5, 0.6) is 0 Å². The highest BCUT2D eigenvalue weighted by atomic mass is 32.2. The number of rotatable bonds is 6. The van der Waals surface area contributed by atoms with E-state index in [1.165, 1.54) is 4.57 Å². The lowest BCUT2D eigenvalue weighted by Gasteiger charge is -2.13. The van der Waals surface area contributed by atoms with E-state index < -0.39 is 15.7 Å². The summed E-state index contributed by atoms with van der Waals surface area (Å²) in [4.78, 5) is 17.2. The first-order valence-corrected chi connectivity index (χ1v) is 11.7. The Morgan fingerprint density at radius 2 is 1.94 bits per heavy atom. The number of hydrogen-bond donors (Lipinski definition) is 1. The zero-order valence-electron chi connectivity index (χ0n) is 17.8. The molecular weight excluding hydrogens is 430 g/mol. The number of aromatic nitrogens is 3. The van der Waals surface area contributed by atoms with Gasteiger partial charge in [-0.15, -0.1) is 0 Å². The fourth-order valence-electron chi connectivity index (χ4n) is 3.69. The van der Waals surface area contributed by atoms with Crippen LogP contribution in [-0.4, -0.2) is 34.7 Å². The van der Waals surface area contributed by atoms with Crippen molar-refractivity contribution in [2.45, 2.75) is 32.1 Å². The van der Waals surface area contributed by atoms with E-state index in [1.54, 1.807) is 41.2 Å². The molecule has 4 rings (SSSR count). The summed E-state index contributed by atoms with van der Waals surface area (Å²) in [6, 6.07) is 12.6. The molecule has 0 saturated heterocycles. The molecule has 0 aliphatic rings. The van der Waals surface area contributed by atoms with Crippen molar-refractivity contribution >= 4 is 32.6 Å². The minimum atomic E-state index is -3.67. The molecule has 3 heterocycles. The highest BCUT2D eigenvalue weighted by Crippen LogP contribution is 2.28. The zero-order valence-corrected chi connectivity index (χ0v) is 18.6. The highest BCUT2D eigenvalue weighted by Gasteiger charge is 2.24. The van der Waals surface area contributed by atoms with Gasteiger partial charge in [0.25, 0.3) is 0 Å². The molecule has 0 atom stereocenters. The molecule has 0 saturated carbocycles. The van der Waals surface area contributed by atoms with Crippen LogP contribution in [0.1, 0.15) is 22.6 Å². The molecule has 3 aromatic heterocycles. The molecule has 0 bridgehead atoms. The molecule has 0 fully saturated rings. The maximum absolute atomic E-state index is 13.0. The van der Waals surface area contributed by atoms with Gasteiger partial charge in [0, 0.05) is 11.9 Å². The number of benzene rings is 1. The molecule has 1 amide bonds. The Morgan fingerprint density at radius 1 is 1.19 bits per heavy atom. The van der Waals surface area contributed by atoms with Gasteiger partial charge in [0.1, 0.15) is 24.2 Å². The fourth-order valence-corrected chi connectivity index (χ4v) is 4.52. The summed E-state index contributed by atoms with van der Waals surface area (Å²) in [5.41, 5.74) is 2.92. The van der Waals surface area contributed by atoms with Crippen molar-refractivity contribution in [2.24, 2.45) is 0 Å². The number of carbonyl (C=O) groups is 1. The Balaban J connectivity index is 1.72. The lowest BCUT2D eigenvalue weighted by molar-refractivity contribution is -0.116. The molecule has 0 aliphatic carbocycles. The van der Waals surface area contributed by atoms with Crippen LogP contribution in [0.15, 0.2) is 52.2 Å². The number of nitrogens with one attached hydrogen (secondary N) is 1. The number of sulfone groups is 1. The number of nitrogens with zero attached hydrogens (tertiary/aromatic N) is 4. The first-order chi connectivity index (χ1) is 15.2. The number of fused-ring (bicyclic) bond motifs is 1. The number of para-hydroxylation sites is 2. The Hall–Kier alpha value is -3.84. The van der Waals surface area contributed by atoms with Gasteiger partial charge in [-0.3, -0.25) is 4.79 Å². The second-order valence-corrected chi connectivity index (χ2v) is 9.41. The third kappa shape index (κ3) is 3.78. The first kappa shape index (κ1) is 21.4. The van der Waals surface area contributed by atoms with Gasteiger partial charge in [0.05, 0.1) is 29.4 Å². The van der Waals surface area contributed by atoms with Crippen LogP contribution in [0.25, 0.3) is 11.0 Å². The van der Waals surface area contributed by atoms with E-state index in [2.05, 4.69) is 16.4 Å². The number of hydrogen-bond acceptors (Lipinski definition) is 6. The summed E-state index contributed by atoms with van der Waals surface area (Å²) in [6.07, 6.45) is 2.61. The molecule has 9 nitrogen and oxygen atoms in total. The summed E-state index contributed by atoms with van der Waals surface area (Å²) in [5.74, 6) is 0.532. The van der Waals surface area contributed by atoms with Gasteiger partial charge in [0.15, 0.2) is 0 Å². The van der Waals surface area contributed by atoms with Crippen LogP contribution in [0.2, 0.25) is 0 Å². The average Bonchev–Trinajstić information content (AvgIpc) is 3.43. The van der Waals surface area contributed by atoms with Gasteiger partial charge in [-0.25, -0.2) is 13.4 Å². The van der Waals surface area contributed by atoms with Crippen molar-refractivity contribution in [2.75, 3.05) is 11.6 Å². The standard InChI is InChI=1S/C22H21N5O4S/c1-14-15(2)26(12-16-7-6-10-31-16)21(17(14)11-23)25-20(28)13-27-19-9-5-4-8-18(19)24-22(27)32(3,29)30/h4-10H,12-13H2,1-3H3,(H,25,28). The van der Waals surface area contributed by atoms with Crippen LogP contribution in [0.3, 0.4) is 0 Å². The quantitative estimate of drug-likeness (QED) is 0.481. The predicted octanol–water partition coefficient (Wildman–Crippen LogP) is 3.01. The van der Waals surface area contributed by atoms with Crippen molar-refractivity contribution in [1.82, 2.24) is 14.1 Å². The average molecular weight is 452 g/mol. The molecule has 1 aromatic carbocycles. The molecule has 10 heteroatoms. The van der Waals surface area contributed by atoms with Crippen LogP contribution < -0.4 is 5.32 Å². The Kier molecular flexibility index (Phi) is 5.36. The van der Waals surface area contributed by atoms with Crippen LogP contribution in [0.4, 0.5) is 5.82 Å². The van der Waals surface area contributed by atoms with Crippen molar-refractivity contribution in [3.63, 3.8) is 0 Å². The normalized spacial score (nSPS) is 11.6. The van der Waals surface area contributed by atoms with Gasteiger partial charge in [0.2, 0.25) is 20.9 Å². The molecule has 164 valence electrons. The second-order valence-electron chi connectivity index (χ2n) is 7.50. The number of imidazole rings is 1. The third-order valence-corrected chi connectivity index (χ3v) is 6.32. The van der Waals surface area contributed by atoms with Crippen LogP contribution in [-0.2, 0) is 27.7 Å². The Bertz CT molecular complexity index is 1470. The van der Waals surface area contributed by atoms with Crippen molar-refractivity contribution in [1.29, 1.82) is 5.26 Å². The summed E-state index contributed by atoms with van der Waals surface area (Å²) < 4.78 is 33.1. The van der Waals surface area contributed by atoms with E-state index >= 15 is 0 Å². The molecule has 32 heavy (non-hydrogen) atoms. The number of amides is 1. The highest BCUT2D eigenvalue weighted by molar-refractivity contribution is 7.90. The van der Waals surface area contributed by atoms with Gasteiger partial charge in [-0.2, -0.15) is 5.26 Å². The fraction of sp³-hybridized carbons (Fsp3) is 0.227. The van der Waals surface area contributed by atoms with E-state index in [9.17, 15) is 18.5 Å². The topological polar surface area (TPSA) is 123 Å². The molecule has 0 radical (unpaired) electrons. The van der Waals surface area contributed by atoms with Gasteiger partial charge in [-0.1, -0.05) is 12.1 Å². The lowest BCUT2D eigenvalue weighted by atomic mass is 10.2. The number of anilines is 1. The Labute approximate surface area is 184 Å². The predicted molar refractivity (Wildman–Crippen MR) is 118 cm³/mol. The first-order valence-electron chi connectivity index (χ1n) is 9.78. The van der Waals surface area contributed by atoms with Gasteiger partial charge >= 0.3 is 0 Å². The maximum Gasteiger partial charge on any atom is 0.245 e. The third-order valence-electron chi connectivity index (χ3n) is 5.35. The summed E-state index contributed by atoms with van der Waals surface area (Å²) in [7, 11) is -3.67. The molecule has 0 spiro atoms. The largest absolute Gasteiger partial charge is 0.467 e. The van der Waals surface area contributed by atoms with E-state index in [4.69, 9.17) is 4.42 Å². The molecule has 4 aromatic rings. The number of carbonyl (C=O) groups excluding carboxylic acids is 1. The smallest absolute Gasteiger partial charge is 0.245 e. The Morgan fingerprint density at radius 3 is 2.59 bits per heavy atom. The minimum absolute atomic E-state index is 0.187. The van der Waals surface area contributed by atoms with Crippen molar-refractivity contribution in [3.05, 3.63) is 65.2 Å². The van der Waals surface area contributed by atoms with Crippen LogP contribution in [0, 0.1) is 25.2 Å². The SMILES string of the molecule is Cc1c(C#N)c(NC(=O)Cn2c(S(C)(=O)=O)nc3ccccc32)n(Cc2ccco2)c1C. The number of furan rings is 1. The zero-order chi connectivity index (χ0) is 23.0. The van der Waals surface area contributed by atoms with Gasteiger partial charge < -0.3 is 18.9 Å².